The number of likely N-dealkylation sites (tertiary alicyclic amines) is 2. The number of piperidine rings is 2. The summed E-state index contributed by atoms with van der Waals surface area (Å²) in [6.45, 7) is 11.2. The molecule has 1 saturated carbocycles. The number of pyridine rings is 1. The van der Waals surface area contributed by atoms with Crippen molar-refractivity contribution in [3.05, 3.63) is 129 Å². The quantitative estimate of drug-likeness (QED) is 0.0940. The number of amides is 5. The molecule has 5 aliphatic rings. The molecule has 5 aromatic rings. The van der Waals surface area contributed by atoms with Crippen LogP contribution < -0.4 is 25.7 Å². The monoisotopic (exact) mass is 1140 g/mol. The molecule has 0 spiro atoms. The van der Waals surface area contributed by atoms with E-state index in [0.717, 1.165) is 102 Å². The average molecular weight is 1140 g/mol. The van der Waals surface area contributed by atoms with Gasteiger partial charge in [-0.05, 0) is 112 Å². The van der Waals surface area contributed by atoms with Gasteiger partial charge in [0.1, 0.15) is 17.6 Å². The SMILES string of the molecule is CCOc1cc(OC)ncc1CNCC(=O)N1CCC[C@H](c2cccc(C(=O)N[C@@H](C(=O)N3CCN(CC4CCN(CC(=O)N5CCN(C(=O)c6cc(Cc7n[nH]c(=O)c8ccccc78)ccc6F)CC5)CC4)CC3)C3CCCCC3)c2)C1. The van der Waals surface area contributed by atoms with E-state index in [4.69, 9.17) is 9.47 Å². The van der Waals surface area contributed by atoms with Gasteiger partial charge >= 0.3 is 0 Å². The number of H-pyrrole nitrogens is 1. The maximum absolute atomic E-state index is 15.2. The van der Waals surface area contributed by atoms with Crippen molar-refractivity contribution in [3.8, 4) is 11.6 Å². The lowest BCUT2D eigenvalue weighted by Crippen LogP contribution is -2.57. The molecule has 20 heteroatoms. The van der Waals surface area contributed by atoms with E-state index in [0.29, 0.717) is 124 Å². The number of hydrogen-bond acceptors (Lipinski definition) is 13. The zero-order valence-electron chi connectivity index (χ0n) is 48.1. The molecule has 3 N–H and O–H groups in total. The number of halogens is 1. The number of carbonyl (C=O) groups is 5. The van der Waals surface area contributed by atoms with E-state index in [9.17, 15) is 28.8 Å². The van der Waals surface area contributed by atoms with Gasteiger partial charge in [-0.3, -0.25) is 38.6 Å². The van der Waals surface area contributed by atoms with Crippen molar-refractivity contribution in [2.24, 2.45) is 11.8 Å². The minimum absolute atomic E-state index is 0.00531. The number of aromatic nitrogens is 3. The number of carbonyl (C=O) groups excluding carboxylic acids is 5. The number of piperazine rings is 2. The second-order valence-electron chi connectivity index (χ2n) is 23.1. The van der Waals surface area contributed by atoms with Crippen molar-refractivity contribution in [3.63, 3.8) is 0 Å². The predicted octanol–water partition coefficient (Wildman–Crippen LogP) is 5.47. The van der Waals surface area contributed by atoms with E-state index in [1.54, 1.807) is 53.4 Å². The first-order valence-corrected chi connectivity index (χ1v) is 30.0. The molecule has 4 aliphatic heterocycles. The number of rotatable bonds is 19. The Labute approximate surface area is 485 Å². The molecule has 5 fully saturated rings. The molecule has 4 saturated heterocycles. The maximum Gasteiger partial charge on any atom is 0.272 e. The van der Waals surface area contributed by atoms with Gasteiger partial charge in [-0.25, -0.2) is 14.5 Å². The third-order valence-corrected chi connectivity index (χ3v) is 17.7. The van der Waals surface area contributed by atoms with Crippen molar-refractivity contribution >= 4 is 40.3 Å². The van der Waals surface area contributed by atoms with Crippen LogP contribution in [0.1, 0.15) is 114 Å². The summed E-state index contributed by atoms with van der Waals surface area (Å²) in [7, 11) is 1.56. The van der Waals surface area contributed by atoms with E-state index in [-0.39, 0.29) is 53.1 Å². The molecule has 83 heavy (non-hydrogen) atoms. The fourth-order valence-electron chi connectivity index (χ4n) is 12.9. The Kier molecular flexibility index (Phi) is 19.8. The maximum atomic E-state index is 15.2. The minimum Gasteiger partial charge on any atom is -0.493 e. The van der Waals surface area contributed by atoms with Gasteiger partial charge in [0.2, 0.25) is 23.6 Å². The van der Waals surface area contributed by atoms with Crippen molar-refractivity contribution in [2.45, 2.75) is 89.6 Å². The Hall–Kier alpha value is -7.29. The van der Waals surface area contributed by atoms with Gasteiger partial charge in [0, 0.05) is 120 Å². The first kappa shape index (κ1) is 58.9. The van der Waals surface area contributed by atoms with E-state index in [1.165, 1.54) is 6.07 Å². The highest BCUT2D eigenvalue weighted by Crippen LogP contribution is 2.31. The van der Waals surface area contributed by atoms with Gasteiger partial charge in [0.05, 0.1) is 43.4 Å². The number of nitrogens with one attached hydrogen (secondary N) is 3. The van der Waals surface area contributed by atoms with Crippen LogP contribution >= 0.6 is 0 Å². The van der Waals surface area contributed by atoms with Crippen LogP contribution in [0.5, 0.6) is 11.6 Å². The third kappa shape index (κ3) is 14.7. The van der Waals surface area contributed by atoms with Crippen molar-refractivity contribution in [1.29, 1.82) is 0 Å². The van der Waals surface area contributed by atoms with Crippen molar-refractivity contribution < 1.29 is 37.8 Å². The molecule has 6 heterocycles. The van der Waals surface area contributed by atoms with Gasteiger partial charge in [-0.1, -0.05) is 55.7 Å². The summed E-state index contributed by atoms with van der Waals surface area (Å²) in [5.41, 5.74) is 3.38. The average Bonchev–Trinajstić information content (AvgIpc) is 3.61. The normalized spacial score (nSPS) is 19.1. The van der Waals surface area contributed by atoms with Gasteiger partial charge in [-0.15, -0.1) is 0 Å². The highest BCUT2D eigenvalue weighted by atomic mass is 19.1. The van der Waals surface area contributed by atoms with E-state index >= 15 is 4.39 Å². The highest BCUT2D eigenvalue weighted by molar-refractivity contribution is 5.98. The number of hydrogen-bond donors (Lipinski definition) is 3. The highest BCUT2D eigenvalue weighted by Gasteiger charge is 2.37. The molecular formula is C63H80FN11O8. The zero-order valence-corrected chi connectivity index (χ0v) is 48.1. The van der Waals surface area contributed by atoms with Crippen LogP contribution in [-0.4, -0.2) is 192 Å². The van der Waals surface area contributed by atoms with Gasteiger partial charge in [-0.2, -0.15) is 5.10 Å². The molecule has 19 nitrogen and oxygen atoms in total. The van der Waals surface area contributed by atoms with Crippen LogP contribution in [0.3, 0.4) is 0 Å². The molecule has 3 aromatic carbocycles. The molecule has 0 radical (unpaired) electrons. The first-order chi connectivity index (χ1) is 40.4. The molecular weight excluding hydrogens is 1060 g/mol. The Morgan fingerprint density at radius 1 is 0.747 bits per heavy atom. The van der Waals surface area contributed by atoms with Crippen LogP contribution in [-0.2, 0) is 27.3 Å². The second-order valence-corrected chi connectivity index (χ2v) is 23.1. The summed E-state index contributed by atoms with van der Waals surface area (Å²) in [6, 6.07) is 20.5. The van der Waals surface area contributed by atoms with Gasteiger partial charge in [0.25, 0.3) is 17.4 Å². The number of benzene rings is 3. The summed E-state index contributed by atoms with van der Waals surface area (Å²) in [5, 5.41) is 14.5. The summed E-state index contributed by atoms with van der Waals surface area (Å²) in [6.07, 6.45) is 10.7. The number of methoxy groups -OCH3 is 1. The second kappa shape index (κ2) is 27.9. The zero-order chi connectivity index (χ0) is 57.8. The lowest BCUT2D eigenvalue weighted by Gasteiger charge is -2.41. The molecule has 5 amide bonds. The van der Waals surface area contributed by atoms with Crippen molar-refractivity contribution in [1.82, 2.24) is 55.2 Å². The standard InChI is InChI=1S/C63H80FN11O8/c1-3-83-55-36-56(82-2)66-38-49(55)37-65-39-57(76)75-22-10-15-48(41-75)46-13-9-14-47(35-46)60(78)67-59(45-11-5-4-6-12-45)63(81)74-27-25-71(26-28-74)40-43-20-23-70(24-21-43)42-58(77)72-29-31-73(32-30-72)62(80)52-33-44(18-19-53(52)64)34-54-50-16-7-8-17-51(50)61(79)69-68-54/h7-9,13-14,16-19,33,35-36,38,43,45,48,59,65H,3-6,10-12,15,20-32,34,37,39-42H2,1-2H3,(H,67,78)(H,69,79)/t48-,59+/m0/s1. The molecule has 0 unspecified atom stereocenters. The van der Waals surface area contributed by atoms with Crippen LogP contribution in [0.2, 0.25) is 0 Å². The fraction of sp³-hybridized carbons (Fsp3) is 0.524. The third-order valence-electron chi connectivity index (χ3n) is 17.7. The largest absolute Gasteiger partial charge is 0.493 e. The summed E-state index contributed by atoms with van der Waals surface area (Å²) >= 11 is 0. The molecule has 2 aromatic heterocycles. The lowest BCUT2D eigenvalue weighted by atomic mass is 9.83. The van der Waals surface area contributed by atoms with Crippen LogP contribution in [0.4, 0.5) is 4.39 Å². The summed E-state index contributed by atoms with van der Waals surface area (Å²) < 4.78 is 26.2. The summed E-state index contributed by atoms with van der Waals surface area (Å²) in [4.78, 5) is 98.0. The summed E-state index contributed by atoms with van der Waals surface area (Å²) in [5.74, 6) is 0.553. The first-order valence-electron chi connectivity index (χ1n) is 30.0. The Balaban J connectivity index is 0.650. The Bertz CT molecular complexity index is 3150. The van der Waals surface area contributed by atoms with E-state index in [1.807, 2.05) is 53.1 Å². The van der Waals surface area contributed by atoms with Crippen molar-refractivity contribution in [2.75, 3.05) is 112 Å². The van der Waals surface area contributed by atoms with Crippen LogP contribution in [0.25, 0.3) is 10.8 Å². The predicted molar refractivity (Wildman–Crippen MR) is 313 cm³/mol. The number of aromatic amines is 1. The molecule has 2 atom stereocenters. The van der Waals surface area contributed by atoms with E-state index in [2.05, 4.69) is 35.6 Å². The number of nitrogens with zero attached hydrogens (tertiary/aromatic N) is 8. The minimum atomic E-state index is -0.610. The Morgan fingerprint density at radius 3 is 2.25 bits per heavy atom. The van der Waals surface area contributed by atoms with Gasteiger partial charge in [0.15, 0.2) is 0 Å². The smallest absolute Gasteiger partial charge is 0.272 e. The Morgan fingerprint density at radius 2 is 1.49 bits per heavy atom. The topological polar surface area (TPSA) is 206 Å². The molecule has 1 aliphatic carbocycles. The number of ether oxygens (including phenoxy) is 2. The lowest BCUT2D eigenvalue weighted by molar-refractivity contribution is -0.137. The molecule has 0 bridgehead atoms. The van der Waals surface area contributed by atoms with E-state index < -0.39 is 17.8 Å². The molecule has 442 valence electrons. The van der Waals surface area contributed by atoms with Crippen LogP contribution in [0, 0.1) is 17.7 Å². The number of fused-ring (bicyclic) bond motifs is 1. The molecule has 10 rings (SSSR count). The van der Waals surface area contributed by atoms with Crippen LogP contribution in [0.15, 0.2) is 83.8 Å². The van der Waals surface area contributed by atoms with Gasteiger partial charge < -0.3 is 39.7 Å². The fourth-order valence-corrected chi connectivity index (χ4v) is 12.9.